The van der Waals surface area contributed by atoms with Crippen molar-refractivity contribution in [2.45, 2.75) is 31.1 Å². The standard InChI is InChI=1S/C25H24F5N5/c1-15(16-6-5-7-18(21(16)27)25(28,29)30)33-23-17-10-35(20-9-4-3-8-19(20)26)13-24(11-34(2)12-24)22(17)31-14-32-23/h3-9,14-15H,10-13H2,1-2H3,(H,31,32,33)/t15-/m1/s1. The van der Waals surface area contributed by atoms with Gasteiger partial charge in [-0.15, -0.1) is 0 Å². The van der Waals surface area contributed by atoms with Gasteiger partial charge in [0, 0.05) is 37.3 Å². The maximum atomic E-state index is 14.8. The molecule has 2 aliphatic heterocycles. The Morgan fingerprint density at radius 2 is 1.74 bits per heavy atom. The fraction of sp³-hybridized carbons (Fsp3) is 0.360. The number of aromatic nitrogens is 2. The number of halogens is 5. The van der Waals surface area contributed by atoms with Crippen LogP contribution in [0.5, 0.6) is 0 Å². The van der Waals surface area contributed by atoms with Gasteiger partial charge in [-0.05, 0) is 32.2 Å². The predicted octanol–water partition coefficient (Wildman–Crippen LogP) is 5.15. The van der Waals surface area contributed by atoms with Crippen molar-refractivity contribution in [3.05, 3.63) is 82.8 Å². The van der Waals surface area contributed by atoms with Crippen molar-refractivity contribution in [2.75, 3.05) is 36.9 Å². The number of alkyl halides is 3. The van der Waals surface area contributed by atoms with E-state index in [4.69, 9.17) is 0 Å². The van der Waals surface area contributed by atoms with Gasteiger partial charge in [-0.25, -0.2) is 18.7 Å². The first-order valence-electron chi connectivity index (χ1n) is 11.2. The maximum Gasteiger partial charge on any atom is 0.419 e. The van der Waals surface area contributed by atoms with Gasteiger partial charge in [-0.3, -0.25) is 0 Å². The molecule has 1 fully saturated rings. The van der Waals surface area contributed by atoms with Gasteiger partial charge in [0.05, 0.1) is 28.4 Å². The smallest absolute Gasteiger partial charge is 0.364 e. The molecule has 2 aromatic carbocycles. The lowest BCUT2D eigenvalue weighted by molar-refractivity contribution is -0.140. The van der Waals surface area contributed by atoms with E-state index in [2.05, 4.69) is 20.2 Å². The number of hydrogen-bond acceptors (Lipinski definition) is 5. The Balaban J connectivity index is 1.52. The summed E-state index contributed by atoms with van der Waals surface area (Å²) in [5.74, 6) is -1.26. The van der Waals surface area contributed by atoms with Gasteiger partial charge in [0.15, 0.2) is 0 Å². The van der Waals surface area contributed by atoms with Crippen LogP contribution >= 0.6 is 0 Å². The highest BCUT2D eigenvalue weighted by Crippen LogP contribution is 2.43. The van der Waals surface area contributed by atoms with Crippen molar-refractivity contribution in [2.24, 2.45) is 0 Å². The van der Waals surface area contributed by atoms with Crippen molar-refractivity contribution in [1.82, 2.24) is 14.9 Å². The maximum absolute atomic E-state index is 14.8. The molecule has 1 spiro atoms. The van der Waals surface area contributed by atoms with Crippen LogP contribution in [0, 0.1) is 11.6 Å². The summed E-state index contributed by atoms with van der Waals surface area (Å²) in [6.45, 7) is 3.90. The second-order valence-corrected chi connectivity index (χ2v) is 9.38. The Bertz CT molecular complexity index is 1260. The minimum absolute atomic E-state index is 0.118. The average molecular weight is 489 g/mol. The zero-order valence-corrected chi connectivity index (χ0v) is 19.2. The quantitative estimate of drug-likeness (QED) is 0.514. The summed E-state index contributed by atoms with van der Waals surface area (Å²) in [5.41, 5.74) is 0.252. The van der Waals surface area contributed by atoms with E-state index >= 15 is 0 Å². The van der Waals surface area contributed by atoms with E-state index in [0.717, 1.165) is 30.4 Å². The fourth-order valence-electron chi connectivity index (χ4n) is 5.33. The Morgan fingerprint density at radius 1 is 1.00 bits per heavy atom. The number of likely N-dealkylation sites (N-methyl/N-ethyl adjacent to an activating group) is 1. The minimum Gasteiger partial charge on any atom is -0.364 e. The molecule has 0 radical (unpaired) electrons. The molecular formula is C25H24F5N5. The highest BCUT2D eigenvalue weighted by Gasteiger charge is 2.50. The normalized spacial score (nSPS) is 18.2. The lowest BCUT2D eigenvalue weighted by Gasteiger charge is -2.54. The molecule has 1 atom stereocenters. The second kappa shape index (κ2) is 8.44. The van der Waals surface area contributed by atoms with E-state index in [9.17, 15) is 22.0 Å². The lowest BCUT2D eigenvalue weighted by atomic mass is 9.72. The lowest BCUT2D eigenvalue weighted by Crippen LogP contribution is -2.65. The van der Waals surface area contributed by atoms with E-state index in [-0.39, 0.29) is 16.8 Å². The van der Waals surface area contributed by atoms with Crippen LogP contribution < -0.4 is 10.2 Å². The fourth-order valence-corrected chi connectivity index (χ4v) is 5.33. The molecule has 0 aliphatic carbocycles. The number of hydrogen-bond donors (Lipinski definition) is 1. The molecule has 2 aliphatic rings. The first-order valence-corrected chi connectivity index (χ1v) is 11.2. The molecule has 0 saturated carbocycles. The minimum atomic E-state index is -4.79. The van der Waals surface area contributed by atoms with Crippen LogP contribution in [0.1, 0.15) is 35.3 Å². The zero-order valence-electron chi connectivity index (χ0n) is 19.2. The monoisotopic (exact) mass is 489 g/mol. The average Bonchev–Trinajstić information content (AvgIpc) is 2.78. The molecule has 1 N–H and O–H groups in total. The topological polar surface area (TPSA) is 44.3 Å². The summed E-state index contributed by atoms with van der Waals surface area (Å²) in [6.07, 6.45) is -3.38. The van der Waals surface area contributed by atoms with Gasteiger partial charge in [0.1, 0.15) is 23.8 Å². The summed E-state index contributed by atoms with van der Waals surface area (Å²) in [7, 11) is 1.99. The van der Waals surface area contributed by atoms with Crippen molar-refractivity contribution < 1.29 is 22.0 Å². The van der Waals surface area contributed by atoms with E-state index in [0.29, 0.717) is 24.6 Å². The molecule has 1 saturated heterocycles. The van der Waals surface area contributed by atoms with Gasteiger partial charge < -0.3 is 15.1 Å². The van der Waals surface area contributed by atoms with Crippen LogP contribution in [0.25, 0.3) is 0 Å². The van der Waals surface area contributed by atoms with Crippen molar-refractivity contribution in [3.8, 4) is 0 Å². The molecule has 10 heteroatoms. The number of fused-ring (bicyclic) bond motifs is 2. The van der Waals surface area contributed by atoms with E-state index < -0.39 is 23.6 Å². The van der Waals surface area contributed by atoms with Gasteiger partial charge in [0.25, 0.3) is 0 Å². The van der Waals surface area contributed by atoms with Crippen molar-refractivity contribution >= 4 is 11.5 Å². The third kappa shape index (κ3) is 4.09. The van der Waals surface area contributed by atoms with E-state index in [1.54, 1.807) is 25.1 Å². The first kappa shape index (κ1) is 23.5. The van der Waals surface area contributed by atoms with Crippen LogP contribution in [-0.4, -0.2) is 41.5 Å². The number of nitrogens with zero attached hydrogens (tertiary/aromatic N) is 4. The molecule has 3 heterocycles. The molecule has 5 nitrogen and oxygen atoms in total. The van der Waals surface area contributed by atoms with Crippen LogP contribution in [0.15, 0.2) is 48.8 Å². The number of nitrogens with one attached hydrogen (secondary N) is 1. The van der Waals surface area contributed by atoms with Crippen LogP contribution in [-0.2, 0) is 18.1 Å². The van der Waals surface area contributed by atoms with Crippen LogP contribution in [0.2, 0.25) is 0 Å². The molecule has 184 valence electrons. The zero-order chi connectivity index (χ0) is 25.0. The predicted molar refractivity (Wildman–Crippen MR) is 122 cm³/mol. The van der Waals surface area contributed by atoms with Crippen LogP contribution in [0.4, 0.5) is 33.5 Å². The summed E-state index contributed by atoms with van der Waals surface area (Å²) in [6, 6.07) is 8.95. The Labute approximate surface area is 199 Å². The van der Waals surface area contributed by atoms with Crippen molar-refractivity contribution in [3.63, 3.8) is 0 Å². The van der Waals surface area contributed by atoms with Crippen molar-refractivity contribution in [1.29, 1.82) is 0 Å². The molecule has 5 rings (SSSR count). The summed E-state index contributed by atoms with van der Waals surface area (Å²) < 4.78 is 69.1. The Hall–Kier alpha value is -3.27. The summed E-state index contributed by atoms with van der Waals surface area (Å²) in [5, 5.41) is 3.10. The van der Waals surface area contributed by atoms with Gasteiger partial charge in [-0.1, -0.05) is 24.3 Å². The van der Waals surface area contributed by atoms with Gasteiger partial charge in [-0.2, -0.15) is 13.2 Å². The molecule has 0 amide bonds. The highest BCUT2D eigenvalue weighted by molar-refractivity contribution is 5.59. The first-order chi connectivity index (χ1) is 16.6. The summed E-state index contributed by atoms with van der Waals surface area (Å²) in [4.78, 5) is 13.0. The largest absolute Gasteiger partial charge is 0.419 e. The number of benzene rings is 2. The second-order valence-electron chi connectivity index (χ2n) is 9.38. The van der Waals surface area contributed by atoms with Gasteiger partial charge in [0.2, 0.25) is 0 Å². The number of anilines is 2. The molecule has 1 aromatic heterocycles. The van der Waals surface area contributed by atoms with Gasteiger partial charge >= 0.3 is 6.18 Å². The van der Waals surface area contributed by atoms with Crippen LogP contribution in [0.3, 0.4) is 0 Å². The third-order valence-electron chi connectivity index (χ3n) is 6.78. The Kier molecular flexibility index (Phi) is 5.66. The Morgan fingerprint density at radius 3 is 2.43 bits per heavy atom. The SMILES string of the molecule is C[C@@H](Nc1ncnc2c1CN(c1ccccc1F)CC21CN(C)C1)c1cccc(C(F)(F)F)c1F. The molecule has 3 aromatic rings. The number of rotatable bonds is 4. The number of likely N-dealkylation sites (tertiary alicyclic amines) is 1. The highest BCUT2D eigenvalue weighted by atomic mass is 19.4. The molecule has 35 heavy (non-hydrogen) atoms. The van der Waals surface area contributed by atoms with E-state index in [1.807, 2.05) is 11.9 Å². The molecule has 0 unspecified atom stereocenters. The third-order valence-corrected chi connectivity index (χ3v) is 6.78. The molecular weight excluding hydrogens is 465 g/mol. The molecule has 0 bridgehead atoms. The summed E-state index contributed by atoms with van der Waals surface area (Å²) >= 11 is 0. The number of para-hydroxylation sites is 1. The van der Waals surface area contributed by atoms with E-state index in [1.165, 1.54) is 24.5 Å².